The fourth-order valence-corrected chi connectivity index (χ4v) is 3.32. The minimum absolute atomic E-state index is 0.110. The Morgan fingerprint density at radius 1 is 1.08 bits per heavy atom. The minimum atomic E-state index is -0.110. The zero-order chi connectivity index (χ0) is 16.8. The van der Waals surface area contributed by atoms with Crippen molar-refractivity contribution in [3.05, 3.63) is 63.9 Å². The number of rotatable bonds is 5. The van der Waals surface area contributed by atoms with Gasteiger partial charge in [0.1, 0.15) is 0 Å². The lowest BCUT2D eigenvalue weighted by Crippen LogP contribution is -2.29. The Kier molecular flexibility index (Phi) is 5.99. The lowest BCUT2D eigenvalue weighted by Gasteiger charge is -2.26. The molecule has 0 spiro atoms. The van der Waals surface area contributed by atoms with E-state index in [9.17, 15) is 4.79 Å². The summed E-state index contributed by atoms with van der Waals surface area (Å²) < 4.78 is 0.803. The Balaban J connectivity index is 1.51. The molecule has 1 saturated heterocycles. The van der Waals surface area contributed by atoms with Crippen molar-refractivity contribution < 1.29 is 4.79 Å². The van der Waals surface area contributed by atoms with Gasteiger partial charge in [0.25, 0.3) is 5.91 Å². The van der Waals surface area contributed by atoms with E-state index in [-0.39, 0.29) is 5.91 Å². The van der Waals surface area contributed by atoms with Gasteiger partial charge in [-0.2, -0.15) is 0 Å². The normalized spacial score (nSPS) is 15.2. The van der Waals surface area contributed by atoms with Crippen molar-refractivity contribution in [3.63, 3.8) is 0 Å². The van der Waals surface area contributed by atoms with Gasteiger partial charge in [-0.15, -0.1) is 0 Å². The van der Waals surface area contributed by atoms with Crippen molar-refractivity contribution in [3.8, 4) is 0 Å². The van der Waals surface area contributed by atoms with Gasteiger partial charge in [0, 0.05) is 30.0 Å². The van der Waals surface area contributed by atoms with Crippen LogP contribution >= 0.6 is 15.9 Å². The van der Waals surface area contributed by atoms with Gasteiger partial charge >= 0.3 is 0 Å². The fourth-order valence-electron chi connectivity index (χ4n) is 2.96. The number of hydrogen-bond donors (Lipinski definition) is 1. The molecule has 1 amide bonds. The number of carbonyl (C=O) groups is 1. The molecule has 0 unspecified atom stereocenters. The summed E-state index contributed by atoms with van der Waals surface area (Å²) in [5.41, 5.74) is 3.00. The summed E-state index contributed by atoms with van der Waals surface area (Å²) in [5.74, 6) is -0.110. The van der Waals surface area contributed by atoms with Crippen LogP contribution in [-0.4, -0.2) is 28.9 Å². The molecule has 1 aromatic heterocycles. The molecule has 1 aliphatic heterocycles. The number of nitrogens with one attached hydrogen (secondary N) is 1. The molecule has 0 radical (unpaired) electrons. The molecule has 2 heterocycles. The zero-order valence-corrected chi connectivity index (χ0v) is 15.3. The van der Waals surface area contributed by atoms with Crippen LogP contribution in [0.4, 0.5) is 0 Å². The van der Waals surface area contributed by atoms with Crippen LogP contribution in [0.1, 0.15) is 40.7 Å². The van der Waals surface area contributed by atoms with E-state index in [1.165, 1.54) is 37.9 Å². The summed E-state index contributed by atoms with van der Waals surface area (Å²) in [5, 5.41) is 2.93. The third-order valence-corrected chi connectivity index (χ3v) is 4.73. The Hall–Kier alpha value is -1.72. The molecular formula is C19H22BrN3O. The van der Waals surface area contributed by atoms with E-state index >= 15 is 0 Å². The van der Waals surface area contributed by atoms with Gasteiger partial charge in [0.15, 0.2) is 0 Å². The van der Waals surface area contributed by atoms with Crippen LogP contribution in [0.15, 0.2) is 47.2 Å². The van der Waals surface area contributed by atoms with Crippen LogP contribution in [0.3, 0.4) is 0 Å². The number of piperidine rings is 1. The molecule has 0 aliphatic carbocycles. The van der Waals surface area contributed by atoms with Gasteiger partial charge < -0.3 is 5.32 Å². The number of amides is 1. The summed E-state index contributed by atoms with van der Waals surface area (Å²) >= 11 is 3.33. The monoisotopic (exact) mass is 387 g/mol. The van der Waals surface area contributed by atoms with Gasteiger partial charge in [0.05, 0.1) is 5.56 Å². The number of aromatic nitrogens is 1. The third kappa shape index (κ3) is 4.89. The lowest BCUT2D eigenvalue weighted by atomic mass is 10.1. The molecule has 2 aromatic rings. The predicted molar refractivity (Wildman–Crippen MR) is 98.7 cm³/mol. The van der Waals surface area contributed by atoms with E-state index in [0.717, 1.165) is 16.6 Å². The maximum absolute atomic E-state index is 12.1. The number of carbonyl (C=O) groups excluding carboxylic acids is 1. The van der Waals surface area contributed by atoms with Crippen molar-refractivity contribution in [1.82, 2.24) is 15.2 Å². The number of benzene rings is 1. The molecule has 0 saturated carbocycles. The van der Waals surface area contributed by atoms with Gasteiger partial charge in [-0.25, -0.2) is 0 Å². The molecule has 3 rings (SSSR count). The summed E-state index contributed by atoms with van der Waals surface area (Å²) in [6.07, 6.45) is 7.23. The first-order chi connectivity index (χ1) is 11.7. The van der Waals surface area contributed by atoms with Crippen LogP contribution in [0.2, 0.25) is 0 Å². The second-order valence-corrected chi connectivity index (χ2v) is 7.14. The van der Waals surface area contributed by atoms with E-state index in [1.54, 1.807) is 18.5 Å². The summed E-state index contributed by atoms with van der Waals surface area (Å²) in [6, 6.07) is 10.3. The Bertz CT molecular complexity index is 681. The van der Waals surface area contributed by atoms with Gasteiger partial charge in [-0.05, 0) is 59.1 Å². The Morgan fingerprint density at radius 3 is 2.50 bits per heavy atom. The molecular weight excluding hydrogens is 366 g/mol. The van der Waals surface area contributed by atoms with Crippen molar-refractivity contribution in [2.24, 2.45) is 0 Å². The number of likely N-dealkylation sites (tertiary alicyclic amines) is 1. The van der Waals surface area contributed by atoms with Crippen molar-refractivity contribution in [2.45, 2.75) is 32.4 Å². The van der Waals surface area contributed by atoms with E-state index in [0.29, 0.717) is 12.1 Å². The molecule has 0 bridgehead atoms. The number of halogens is 1. The Morgan fingerprint density at radius 2 is 1.79 bits per heavy atom. The summed E-state index contributed by atoms with van der Waals surface area (Å²) in [6.45, 7) is 3.96. The second kappa shape index (κ2) is 8.40. The van der Waals surface area contributed by atoms with Gasteiger partial charge in [-0.3, -0.25) is 14.7 Å². The molecule has 5 heteroatoms. The minimum Gasteiger partial charge on any atom is -0.348 e. The van der Waals surface area contributed by atoms with Crippen molar-refractivity contribution in [1.29, 1.82) is 0 Å². The highest BCUT2D eigenvalue weighted by molar-refractivity contribution is 9.10. The molecule has 0 atom stereocenters. The van der Waals surface area contributed by atoms with Crippen LogP contribution in [0.5, 0.6) is 0 Å². The lowest BCUT2D eigenvalue weighted by molar-refractivity contribution is 0.0950. The smallest absolute Gasteiger partial charge is 0.253 e. The quantitative estimate of drug-likeness (QED) is 0.849. The highest BCUT2D eigenvalue weighted by atomic mass is 79.9. The average molecular weight is 388 g/mol. The van der Waals surface area contributed by atoms with Gasteiger partial charge in [-0.1, -0.05) is 30.7 Å². The number of nitrogens with zero attached hydrogens (tertiary/aromatic N) is 2. The maximum atomic E-state index is 12.1. The molecule has 24 heavy (non-hydrogen) atoms. The van der Waals surface area contributed by atoms with Crippen LogP contribution in [0, 0.1) is 0 Å². The van der Waals surface area contributed by atoms with Crippen LogP contribution in [0.25, 0.3) is 0 Å². The van der Waals surface area contributed by atoms with Gasteiger partial charge in [0.2, 0.25) is 0 Å². The third-order valence-electron chi connectivity index (χ3n) is 4.30. The first-order valence-electron chi connectivity index (χ1n) is 8.39. The van der Waals surface area contributed by atoms with Crippen molar-refractivity contribution in [2.75, 3.05) is 13.1 Å². The fraction of sp³-hybridized carbons (Fsp3) is 0.368. The van der Waals surface area contributed by atoms with E-state index in [1.807, 2.05) is 0 Å². The predicted octanol–water partition coefficient (Wildman–Crippen LogP) is 3.76. The molecule has 1 aromatic carbocycles. The molecule has 1 fully saturated rings. The Labute approximate surface area is 151 Å². The highest BCUT2D eigenvalue weighted by Gasteiger charge is 2.10. The molecule has 126 valence electrons. The second-order valence-electron chi connectivity index (χ2n) is 6.23. The molecule has 1 N–H and O–H groups in total. The first kappa shape index (κ1) is 17.1. The summed E-state index contributed by atoms with van der Waals surface area (Å²) in [7, 11) is 0. The average Bonchev–Trinajstić information content (AvgIpc) is 2.62. The van der Waals surface area contributed by atoms with E-state index < -0.39 is 0 Å². The topological polar surface area (TPSA) is 45.2 Å². The summed E-state index contributed by atoms with van der Waals surface area (Å²) in [4.78, 5) is 18.7. The largest absolute Gasteiger partial charge is 0.348 e. The standard InChI is InChI=1S/C19H22BrN3O/c20-18-10-17(12-21-13-18)19(24)22-11-15-4-6-16(7-5-15)14-23-8-2-1-3-9-23/h4-7,10,12-13H,1-3,8-9,11,14H2,(H,22,24). The molecule has 1 aliphatic rings. The highest BCUT2D eigenvalue weighted by Crippen LogP contribution is 2.14. The van der Waals surface area contributed by atoms with E-state index in [4.69, 9.17) is 0 Å². The number of pyridine rings is 1. The zero-order valence-electron chi connectivity index (χ0n) is 13.7. The number of hydrogen-bond acceptors (Lipinski definition) is 3. The van der Waals surface area contributed by atoms with Crippen molar-refractivity contribution >= 4 is 21.8 Å². The van der Waals surface area contributed by atoms with Crippen LogP contribution in [-0.2, 0) is 13.1 Å². The first-order valence-corrected chi connectivity index (χ1v) is 9.19. The molecule has 4 nitrogen and oxygen atoms in total. The van der Waals surface area contributed by atoms with E-state index in [2.05, 4.69) is 55.4 Å². The maximum Gasteiger partial charge on any atom is 0.253 e. The SMILES string of the molecule is O=C(NCc1ccc(CN2CCCCC2)cc1)c1cncc(Br)c1. The van der Waals surface area contributed by atoms with Crippen LogP contribution < -0.4 is 5.32 Å².